The minimum absolute atomic E-state index is 0.407. The number of halogens is 1. The molecular weight excluding hydrogens is 316 g/mol. The van der Waals surface area contributed by atoms with Crippen molar-refractivity contribution in [3.8, 4) is 0 Å². The summed E-state index contributed by atoms with van der Waals surface area (Å²) < 4.78 is 0.937. The molecule has 94 valence electrons. The standard InChI is InChI=1S/C12H17BrN2S2/c1-8(6-7-17-2)15-10-5-3-4-9(13)11(10)12(14)16/h3-5,8,15H,6-7H2,1-2H3,(H2,14,16). The van der Waals surface area contributed by atoms with Crippen LogP contribution >= 0.6 is 39.9 Å². The van der Waals surface area contributed by atoms with E-state index in [0.29, 0.717) is 11.0 Å². The fraction of sp³-hybridized carbons (Fsp3) is 0.417. The summed E-state index contributed by atoms with van der Waals surface area (Å²) >= 11 is 10.4. The summed E-state index contributed by atoms with van der Waals surface area (Å²) in [5.74, 6) is 1.14. The van der Waals surface area contributed by atoms with E-state index in [1.807, 2.05) is 30.0 Å². The highest BCUT2D eigenvalue weighted by Gasteiger charge is 2.11. The van der Waals surface area contributed by atoms with Gasteiger partial charge in [0.25, 0.3) is 0 Å². The first-order chi connectivity index (χ1) is 8.06. The van der Waals surface area contributed by atoms with Gasteiger partial charge in [0.1, 0.15) is 4.99 Å². The first-order valence-corrected chi connectivity index (χ1v) is 7.99. The van der Waals surface area contributed by atoms with E-state index in [0.717, 1.165) is 27.9 Å². The number of anilines is 1. The molecule has 0 aliphatic rings. The van der Waals surface area contributed by atoms with Gasteiger partial charge in [-0.25, -0.2) is 0 Å². The maximum atomic E-state index is 5.75. The summed E-state index contributed by atoms with van der Waals surface area (Å²) in [5, 5.41) is 3.46. The van der Waals surface area contributed by atoms with Crippen molar-refractivity contribution in [2.75, 3.05) is 17.3 Å². The molecule has 0 bridgehead atoms. The molecule has 1 unspecified atom stereocenters. The van der Waals surface area contributed by atoms with Crippen molar-refractivity contribution < 1.29 is 0 Å². The van der Waals surface area contributed by atoms with E-state index in [-0.39, 0.29) is 0 Å². The molecule has 1 aromatic rings. The third-order valence-corrected chi connectivity index (χ3v) is 3.93. The normalized spacial score (nSPS) is 12.2. The van der Waals surface area contributed by atoms with Gasteiger partial charge in [0.15, 0.2) is 0 Å². The van der Waals surface area contributed by atoms with Gasteiger partial charge in [-0.2, -0.15) is 11.8 Å². The van der Waals surface area contributed by atoms with Gasteiger partial charge < -0.3 is 11.1 Å². The van der Waals surface area contributed by atoms with E-state index in [2.05, 4.69) is 34.4 Å². The SMILES string of the molecule is CSCCC(C)Nc1cccc(Br)c1C(N)=S. The number of thiocarbonyl (C=S) groups is 1. The summed E-state index contributed by atoms with van der Waals surface area (Å²) in [6.45, 7) is 2.17. The molecule has 5 heteroatoms. The lowest BCUT2D eigenvalue weighted by Crippen LogP contribution is -2.20. The number of benzene rings is 1. The molecule has 17 heavy (non-hydrogen) atoms. The van der Waals surface area contributed by atoms with Crippen molar-refractivity contribution in [2.24, 2.45) is 5.73 Å². The third kappa shape index (κ3) is 4.48. The van der Waals surface area contributed by atoms with Gasteiger partial charge in [-0.05, 0) is 53.4 Å². The zero-order valence-electron chi connectivity index (χ0n) is 10.00. The number of nitrogens with one attached hydrogen (secondary N) is 1. The number of rotatable bonds is 6. The van der Waals surface area contributed by atoms with Gasteiger partial charge >= 0.3 is 0 Å². The quantitative estimate of drug-likeness (QED) is 0.780. The number of thioether (sulfide) groups is 1. The van der Waals surface area contributed by atoms with Crippen LogP contribution in [0.4, 0.5) is 5.69 Å². The summed E-state index contributed by atoms with van der Waals surface area (Å²) in [5.41, 5.74) is 7.64. The Hall–Kier alpha value is -0.260. The number of hydrogen-bond acceptors (Lipinski definition) is 3. The topological polar surface area (TPSA) is 38.0 Å². The summed E-state index contributed by atoms with van der Waals surface area (Å²) in [4.78, 5) is 0.414. The van der Waals surface area contributed by atoms with Crippen molar-refractivity contribution >= 4 is 50.6 Å². The highest BCUT2D eigenvalue weighted by atomic mass is 79.9. The lowest BCUT2D eigenvalue weighted by Gasteiger charge is -2.18. The highest BCUT2D eigenvalue weighted by Crippen LogP contribution is 2.25. The smallest absolute Gasteiger partial charge is 0.107 e. The molecular formula is C12H17BrN2S2. The average molecular weight is 333 g/mol. The number of hydrogen-bond donors (Lipinski definition) is 2. The molecule has 0 fully saturated rings. The maximum Gasteiger partial charge on any atom is 0.107 e. The van der Waals surface area contributed by atoms with Crippen molar-refractivity contribution in [2.45, 2.75) is 19.4 Å². The van der Waals surface area contributed by atoms with Gasteiger partial charge in [0.05, 0.1) is 0 Å². The van der Waals surface area contributed by atoms with E-state index < -0.39 is 0 Å². The maximum absolute atomic E-state index is 5.75. The Morgan fingerprint density at radius 2 is 2.29 bits per heavy atom. The first-order valence-electron chi connectivity index (χ1n) is 5.40. The highest BCUT2D eigenvalue weighted by molar-refractivity contribution is 9.10. The molecule has 0 spiro atoms. The fourth-order valence-electron chi connectivity index (χ4n) is 1.53. The van der Waals surface area contributed by atoms with E-state index in [9.17, 15) is 0 Å². The molecule has 0 saturated carbocycles. The third-order valence-electron chi connectivity index (χ3n) is 2.42. The van der Waals surface area contributed by atoms with Gasteiger partial charge in [-0.15, -0.1) is 0 Å². The number of nitrogens with two attached hydrogens (primary N) is 1. The lowest BCUT2D eigenvalue weighted by atomic mass is 10.1. The van der Waals surface area contributed by atoms with Crippen LogP contribution in [0.25, 0.3) is 0 Å². The molecule has 1 rings (SSSR count). The molecule has 0 amide bonds. The fourth-order valence-corrected chi connectivity index (χ4v) is 3.05. The van der Waals surface area contributed by atoms with Crippen LogP contribution in [0.3, 0.4) is 0 Å². The minimum Gasteiger partial charge on any atom is -0.389 e. The van der Waals surface area contributed by atoms with E-state index in [1.54, 1.807) is 0 Å². The van der Waals surface area contributed by atoms with Crippen LogP contribution in [-0.4, -0.2) is 23.0 Å². The van der Waals surface area contributed by atoms with Crippen LogP contribution in [-0.2, 0) is 0 Å². The molecule has 0 heterocycles. The van der Waals surface area contributed by atoms with Crippen molar-refractivity contribution in [1.82, 2.24) is 0 Å². The Labute approximate surface area is 121 Å². The molecule has 1 aromatic carbocycles. The molecule has 1 atom stereocenters. The Kier molecular flexibility index (Phi) is 6.30. The molecule has 0 aliphatic heterocycles. The first kappa shape index (κ1) is 14.8. The largest absolute Gasteiger partial charge is 0.389 e. The zero-order valence-corrected chi connectivity index (χ0v) is 13.2. The molecule has 0 aromatic heterocycles. The second kappa shape index (κ2) is 7.24. The summed E-state index contributed by atoms with van der Waals surface area (Å²) in [6.07, 6.45) is 3.23. The Balaban J connectivity index is 2.83. The van der Waals surface area contributed by atoms with Crippen LogP contribution < -0.4 is 11.1 Å². The van der Waals surface area contributed by atoms with E-state index >= 15 is 0 Å². The zero-order chi connectivity index (χ0) is 12.8. The lowest BCUT2D eigenvalue weighted by molar-refractivity contribution is 0.772. The Morgan fingerprint density at radius 3 is 2.88 bits per heavy atom. The van der Waals surface area contributed by atoms with Crippen LogP contribution in [0.15, 0.2) is 22.7 Å². The monoisotopic (exact) mass is 332 g/mol. The van der Waals surface area contributed by atoms with Crippen LogP contribution in [0.5, 0.6) is 0 Å². The Morgan fingerprint density at radius 1 is 1.59 bits per heavy atom. The van der Waals surface area contributed by atoms with Crippen LogP contribution in [0, 0.1) is 0 Å². The predicted molar refractivity (Wildman–Crippen MR) is 86.1 cm³/mol. The molecule has 0 radical (unpaired) electrons. The van der Waals surface area contributed by atoms with Gasteiger partial charge in [0.2, 0.25) is 0 Å². The average Bonchev–Trinajstić information content (AvgIpc) is 2.25. The van der Waals surface area contributed by atoms with Gasteiger partial charge in [-0.3, -0.25) is 0 Å². The molecule has 2 nitrogen and oxygen atoms in total. The van der Waals surface area contributed by atoms with Crippen molar-refractivity contribution in [3.05, 3.63) is 28.2 Å². The summed E-state index contributed by atoms with van der Waals surface area (Å²) in [7, 11) is 0. The van der Waals surface area contributed by atoms with Crippen LogP contribution in [0.1, 0.15) is 18.9 Å². The Bertz CT molecular complexity index is 396. The van der Waals surface area contributed by atoms with Crippen LogP contribution in [0.2, 0.25) is 0 Å². The van der Waals surface area contributed by atoms with Crippen molar-refractivity contribution in [1.29, 1.82) is 0 Å². The molecule has 3 N–H and O–H groups in total. The van der Waals surface area contributed by atoms with Crippen molar-refractivity contribution in [3.63, 3.8) is 0 Å². The second-order valence-corrected chi connectivity index (χ2v) is 6.13. The predicted octanol–water partition coefficient (Wildman–Crippen LogP) is 3.64. The van der Waals surface area contributed by atoms with Gasteiger partial charge in [-0.1, -0.05) is 18.3 Å². The minimum atomic E-state index is 0.407. The summed E-state index contributed by atoms with van der Waals surface area (Å²) in [6, 6.07) is 6.35. The molecule has 0 saturated heterocycles. The second-order valence-electron chi connectivity index (χ2n) is 3.85. The molecule has 0 aliphatic carbocycles. The van der Waals surface area contributed by atoms with E-state index in [1.165, 1.54) is 0 Å². The van der Waals surface area contributed by atoms with E-state index in [4.69, 9.17) is 18.0 Å². The van der Waals surface area contributed by atoms with Gasteiger partial charge in [0, 0.05) is 21.8 Å².